The Hall–Kier alpha value is -3.36. The molecule has 0 aliphatic heterocycles. The van der Waals surface area contributed by atoms with Gasteiger partial charge in [0.1, 0.15) is 11.8 Å². The van der Waals surface area contributed by atoms with E-state index in [-0.39, 0.29) is 11.6 Å². The number of hydrogen-bond acceptors (Lipinski definition) is 4. The maximum absolute atomic E-state index is 12.3. The molecule has 0 saturated carbocycles. The molecule has 0 spiro atoms. The molecule has 6 heteroatoms. The van der Waals surface area contributed by atoms with Crippen molar-refractivity contribution in [1.29, 1.82) is 5.26 Å². The van der Waals surface area contributed by atoms with Crippen molar-refractivity contribution in [3.05, 3.63) is 88.7 Å². The van der Waals surface area contributed by atoms with E-state index >= 15 is 0 Å². The van der Waals surface area contributed by atoms with E-state index < -0.39 is 0 Å². The first-order chi connectivity index (χ1) is 12.7. The van der Waals surface area contributed by atoms with Crippen molar-refractivity contribution in [3.8, 4) is 6.07 Å². The number of rotatable bonds is 5. The molecule has 5 nitrogen and oxygen atoms in total. The third kappa shape index (κ3) is 4.38. The quantitative estimate of drug-likeness (QED) is 0.701. The summed E-state index contributed by atoms with van der Waals surface area (Å²) in [5.41, 5.74) is 3.03. The summed E-state index contributed by atoms with van der Waals surface area (Å²) in [7, 11) is 0. The first kappa shape index (κ1) is 17.5. The Labute approximate surface area is 156 Å². The highest BCUT2D eigenvalue weighted by molar-refractivity contribution is 6.30. The lowest BCUT2D eigenvalue weighted by atomic mass is 10.2. The summed E-state index contributed by atoms with van der Waals surface area (Å²) in [4.78, 5) is 16.5. The summed E-state index contributed by atoms with van der Waals surface area (Å²) in [5.74, 6) is -0.364. The minimum Gasteiger partial charge on any atom is -0.380 e. The molecule has 0 saturated heterocycles. The van der Waals surface area contributed by atoms with Crippen molar-refractivity contribution < 1.29 is 4.79 Å². The molecule has 2 N–H and O–H groups in total. The first-order valence-electron chi connectivity index (χ1n) is 7.90. The van der Waals surface area contributed by atoms with Gasteiger partial charge in [0, 0.05) is 11.6 Å². The summed E-state index contributed by atoms with van der Waals surface area (Å²) < 4.78 is 0. The van der Waals surface area contributed by atoms with Crippen LogP contribution in [0.5, 0.6) is 0 Å². The van der Waals surface area contributed by atoms with Crippen molar-refractivity contribution in [2.45, 2.75) is 6.54 Å². The summed E-state index contributed by atoms with van der Waals surface area (Å²) in [5, 5.41) is 15.7. The fourth-order valence-corrected chi connectivity index (χ4v) is 2.44. The molecule has 0 aliphatic carbocycles. The average molecular weight is 363 g/mol. The smallest absolute Gasteiger partial charge is 0.274 e. The minimum absolute atomic E-state index is 0.273. The lowest BCUT2D eigenvalue weighted by molar-refractivity contribution is 0.102. The Morgan fingerprint density at radius 3 is 2.54 bits per heavy atom. The maximum atomic E-state index is 12.3. The number of amides is 1. The standard InChI is InChI=1S/C20H15ClN4O/c21-16-7-5-14(6-8-16)12-23-17-9-10-19(24-13-17)20(26)25-18-4-2-1-3-15(18)11-22/h1-10,13,23H,12H2,(H,25,26). The molecule has 0 bridgehead atoms. The zero-order valence-corrected chi connectivity index (χ0v) is 14.5. The van der Waals surface area contributed by atoms with E-state index in [0.29, 0.717) is 22.8 Å². The van der Waals surface area contributed by atoms with Gasteiger partial charge < -0.3 is 10.6 Å². The third-order valence-electron chi connectivity index (χ3n) is 3.70. The second kappa shape index (κ2) is 8.15. The van der Waals surface area contributed by atoms with Crippen LogP contribution in [0, 0.1) is 11.3 Å². The van der Waals surface area contributed by atoms with Crippen LogP contribution in [0.15, 0.2) is 66.9 Å². The monoisotopic (exact) mass is 362 g/mol. The molecule has 0 atom stereocenters. The number of pyridine rings is 1. The fraction of sp³-hybridized carbons (Fsp3) is 0.0500. The van der Waals surface area contributed by atoms with Gasteiger partial charge in [-0.3, -0.25) is 4.79 Å². The largest absolute Gasteiger partial charge is 0.380 e. The lowest BCUT2D eigenvalue weighted by Crippen LogP contribution is -2.14. The number of nitriles is 1. The molecule has 1 aromatic heterocycles. The molecule has 3 rings (SSSR count). The predicted octanol–water partition coefficient (Wildman–Crippen LogP) is 4.47. The summed E-state index contributed by atoms with van der Waals surface area (Å²) in [6.07, 6.45) is 1.60. The van der Waals surface area contributed by atoms with Gasteiger partial charge in [0.05, 0.1) is 23.1 Å². The van der Waals surface area contributed by atoms with E-state index in [1.807, 2.05) is 30.3 Å². The number of carbonyl (C=O) groups excluding carboxylic acids is 1. The van der Waals surface area contributed by atoms with Crippen molar-refractivity contribution in [1.82, 2.24) is 4.98 Å². The van der Waals surface area contributed by atoms with Crippen LogP contribution in [0.3, 0.4) is 0 Å². The van der Waals surface area contributed by atoms with Crippen LogP contribution in [-0.4, -0.2) is 10.9 Å². The van der Waals surface area contributed by atoms with E-state index in [1.165, 1.54) is 0 Å². The number of nitrogens with zero attached hydrogens (tertiary/aromatic N) is 2. The molecule has 0 aliphatic rings. The van der Waals surface area contributed by atoms with Gasteiger partial charge in [0.2, 0.25) is 0 Å². The highest BCUT2D eigenvalue weighted by Gasteiger charge is 2.10. The Bertz CT molecular complexity index is 947. The zero-order valence-electron chi connectivity index (χ0n) is 13.7. The molecule has 2 aromatic carbocycles. The number of anilines is 2. The number of aromatic nitrogens is 1. The van der Waals surface area contributed by atoms with Crippen LogP contribution in [0.1, 0.15) is 21.6 Å². The normalized spacial score (nSPS) is 10.0. The van der Waals surface area contributed by atoms with Gasteiger partial charge in [0.25, 0.3) is 5.91 Å². The number of carbonyl (C=O) groups is 1. The van der Waals surface area contributed by atoms with Gasteiger partial charge in [-0.2, -0.15) is 5.26 Å². The molecule has 26 heavy (non-hydrogen) atoms. The van der Waals surface area contributed by atoms with E-state index in [4.69, 9.17) is 16.9 Å². The van der Waals surface area contributed by atoms with E-state index in [2.05, 4.69) is 15.6 Å². The van der Waals surface area contributed by atoms with Gasteiger partial charge in [-0.25, -0.2) is 4.98 Å². The zero-order chi connectivity index (χ0) is 18.4. The van der Waals surface area contributed by atoms with Crippen molar-refractivity contribution in [3.63, 3.8) is 0 Å². The number of hydrogen-bond donors (Lipinski definition) is 2. The van der Waals surface area contributed by atoms with Crippen LogP contribution in [0.25, 0.3) is 0 Å². The molecule has 1 amide bonds. The summed E-state index contributed by atoms with van der Waals surface area (Å²) >= 11 is 5.87. The lowest BCUT2D eigenvalue weighted by Gasteiger charge is -2.08. The Morgan fingerprint density at radius 2 is 1.85 bits per heavy atom. The van der Waals surface area contributed by atoms with Crippen LogP contribution < -0.4 is 10.6 Å². The van der Waals surface area contributed by atoms with E-state index in [0.717, 1.165) is 11.3 Å². The van der Waals surface area contributed by atoms with Crippen molar-refractivity contribution >= 4 is 28.9 Å². The van der Waals surface area contributed by atoms with Crippen LogP contribution >= 0.6 is 11.6 Å². The molecule has 0 unspecified atom stereocenters. The number of para-hydroxylation sites is 1. The Kier molecular flexibility index (Phi) is 5.47. The van der Waals surface area contributed by atoms with Gasteiger partial charge in [-0.1, -0.05) is 35.9 Å². The van der Waals surface area contributed by atoms with Crippen LogP contribution in [0.2, 0.25) is 5.02 Å². The maximum Gasteiger partial charge on any atom is 0.274 e. The van der Waals surface area contributed by atoms with E-state index in [9.17, 15) is 4.79 Å². The first-order valence-corrected chi connectivity index (χ1v) is 8.28. The van der Waals surface area contributed by atoms with Gasteiger partial charge in [-0.15, -0.1) is 0 Å². The molecule has 0 fully saturated rings. The van der Waals surface area contributed by atoms with E-state index in [1.54, 1.807) is 42.6 Å². The van der Waals surface area contributed by atoms with Gasteiger partial charge in [0.15, 0.2) is 0 Å². The topological polar surface area (TPSA) is 77.8 Å². The Balaban J connectivity index is 1.62. The molecule has 3 aromatic rings. The number of halogens is 1. The second-order valence-corrected chi connectivity index (χ2v) is 5.96. The van der Waals surface area contributed by atoms with Crippen molar-refractivity contribution in [2.24, 2.45) is 0 Å². The molecule has 0 radical (unpaired) electrons. The van der Waals surface area contributed by atoms with Gasteiger partial charge in [-0.05, 0) is 42.0 Å². The summed E-state index contributed by atoms with van der Waals surface area (Å²) in [6, 6.07) is 19.8. The fourth-order valence-electron chi connectivity index (χ4n) is 2.32. The van der Waals surface area contributed by atoms with Crippen LogP contribution in [-0.2, 0) is 6.54 Å². The average Bonchev–Trinajstić information content (AvgIpc) is 2.68. The van der Waals surface area contributed by atoms with Gasteiger partial charge >= 0.3 is 0 Å². The number of benzene rings is 2. The molecular formula is C20H15ClN4O. The molecule has 128 valence electrons. The Morgan fingerprint density at radius 1 is 1.08 bits per heavy atom. The SMILES string of the molecule is N#Cc1ccccc1NC(=O)c1ccc(NCc2ccc(Cl)cc2)cn1. The number of nitrogens with one attached hydrogen (secondary N) is 2. The van der Waals surface area contributed by atoms with Crippen LogP contribution in [0.4, 0.5) is 11.4 Å². The molecular weight excluding hydrogens is 348 g/mol. The predicted molar refractivity (Wildman–Crippen MR) is 102 cm³/mol. The highest BCUT2D eigenvalue weighted by atomic mass is 35.5. The third-order valence-corrected chi connectivity index (χ3v) is 3.95. The van der Waals surface area contributed by atoms with Crippen molar-refractivity contribution in [2.75, 3.05) is 10.6 Å². The minimum atomic E-state index is -0.364. The highest BCUT2D eigenvalue weighted by Crippen LogP contribution is 2.16. The second-order valence-electron chi connectivity index (χ2n) is 5.52. The molecule has 1 heterocycles. The summed E-state index contributed by atoms with van der Waals surface area (Å²) in [6.45, 7) is 0.625.